The highest BCUT2D eigenvalue weighted by atomic mass is 127. The Labute approximate surface area is 183 Å². The summed E-state index contributed by atoms with van der Waals surface area (Å²) in [5.41, 5.74) is 7.04. The van der Waals surface area contributed by atoms with E-state index < -0.39 is 0 Å². The Balaban J connectivity index is 0.00000392. The van der Waals surface area contributed by atoms with Gasteiger partial charge in [-0.2, -0.15) is 0 Å². The Morgan fingerprint density at radius 3 is 2.50 bits per heavy atom. The van der Waals surface area contributed by atoms with Crippen LogP contribution in [-0.4, -0.2) is 68.2 Å². The summed E-state index contributed by atoms with van der Waals surface area (Å²) in [6.07, 6.45) is 1.33. The Kier molecular flexibility index (Phi) is 10.5. The van der Waals surface area contributed by atoms with Gasteiger partial charge in [0, 0.05) is 19.1 Å². The summed E-state index contributed by atoms with van der Waals surface area (Å²) in [7, 11) is 3.91. The lowest BCUT2D eigenvalue weighted by atomic mass is 10.1. The minimum Gasteiger partial charge on any atom is -0.450 e. The van der Waals surface area contributed by atoms with Crippen LogP contribution in [0.4, 0.5) is 9.18 Å². The molecule has 1 aliphatic heterocycles. The number of nitrogens with zero attached hydrogens (tertiary/aromatic N) is 3. The monoisotopic (exact) mass is 507 g/mol. The van der Waals surface area contributed by atoms with E-state index in [1.54, 1.807) is 24.0 Å². The van der Waals surface area contributed by atoms with Crippen molar-refractivity contribution in [1.82, 2.24) is 15.1 Å². The number of hydrogen-bond donors (Lipinski definition) is 2. The number of halogens is 2. The fourth-order valence-electron chi connectivity index (χ4n) is 3.11. The van der Waals surface area contributed by atoms with Crippen molar-refractivity contribution >= 4 is 36.0 Å². The van der Waals surface area contributed by atoms with Crippen molar-refractivity contribution in [1.29, 1.82) is 0 Å². The second-order valence-corrected chi connectivity index (χ2v) is 6.86. The fraction of sp³-hybridized carbons (Fsp3) is 0.579. The van der Waals surface area contributed by atoms with Gasteiger partial charge in [0.05, 0.1) is 19.2 Å². The summed E-state index contributed by atoms with van der Waals surface area (Å²) >= 11 is 0. The molecule has 0 aromatic heterocycles. The standard InChI is InChI=1S/C19H30FN5O2.HI/c1-4-27-19(26)25-11-9-16(10-12-25)23-18(21)22-13-17(24(2)3)14-5-7-15(20)8-6-14;/h5-8,16-17H,4,9-13H2,1-3H3,(H3,21,22,23);1H. The van der Waals surface area contributed by atoms with E-state index in [1.165, 1.54) is 12.1 Å². The minimum atomic E-state index is -0.259. The molecule has 28 heavy (non-hydrogen) atoms. The van der Waals surface area contributed by atoms with E-state index in [0.29, 0.717) is 32.2 Å². The van der Waals surface area contributed by atoms with Crippen molar-refractivity contribution < 1.29 is 13.9 Å². The highest BCUT2D eigenvalue weighted by Gasteiger charge is 2.23. The van der Waals surface area contributed by atoms with Crippen LogP contribution in [0.3, 0.4) is 0 Å². The first-order chi connectivity index (χ1) is 12.9. The maximum Gasteiger partial charge on any atom is 0.409 e. The van der Waals surface area contributed by atoms with Gasteiger partial charge >= 0.3 is 6.09 Å². The predicted octanol–water partition coefficient (Wildman–Crippen LogP) is 2.57. The van der Waals surface area contributed by atoms with Crippen molar-refractivity contribution in [3.05, 3.63) is 35.6 Å². The second kappa shape index (κ2) is 12.1. The first-order valence-corrected chi connectivity index (χ1v) is 9.30. The second-order valence-electron chi connectivity index (χ2n) is 6.86. The molecule has 1 aromatic carbocycles. The number of aliphatic imine (C=N–C) groups is 1. The molecule has 3 N–H and O–H groups in total. The molecular formula is C19H31FIN5O2. The van der Waals surface area contributed by atoms with E-state index in [4.69, 9.17) is 10.5 Å². The molecule has 9 heteroatoms. The number of likely N-dealkylation sites (N-methyl/N-ethyl adjacent to an activating group) is 1. The molecule has 2 rings (SSSR count). The Bertz CT molecular complexity index is 634. The molecule has 0 aliphatic carbocycles. The number of carbonyl (C=O) groups excluding carboxylic acids is 1. The lowest BCUT2D eigenvalue weighted by Crippen LogP contribution is -2.48. The number of guanidine groups is 1. The van der Waals surface area contributed by atoms with Crippen LogP contribution in [0.2, 0.25) is 0 Å². The quantitative estimate of drug-likeness (QED) is 0.352. The predicted molar refractivity (Wildman–Crippen MR) is 119 cm³/mol. The molecule has 0 saturated carbocycles. The third-order valence-electron chi connectivity index (χ3n) is 4.69. The van der Waals surface area contributed by atoms with Gasteiger partial charge in [-0.05, 0) is 51.6 Å². The van der Waals surface area contributed by atoms with E-state index in [2.05, 4.69) is 10.3 Å². The van der Waals surface area contributed by atoms with Gasteiger partial charge in [0.25, 0.3) is 0 Å². The van der Waals surface area contributed by atoms with Crippen LogP contribution in [-0.2, 0) is 4.74 Å². The van der Waals surface area contributed by atoms with Gasteiger partial charge in [0.2, 0.25) is 0 Å². The van der Waals surface area contributed by atoms with Crippen LogP contribution in [0.15, 0.2) is 29.3 Å². The number of nitrogens with one attached hydrogen (secondary N) is 1. The summed E-state index contributed by atoms with van der Waals surface area (Å²) in [5, 5.41) is 3.24. The summed E-state index contributed by atoms with van der Waals surface area (Å²) in [4.78, 5) is 19.9. The first kappa shape index (κ1) is 24.4. The smallest absolute Gasteiger partial charge is 0.409 e. The number of benzene rings is 1. The summed E-state index contributed by atoms with van der Waals surface area (Å²) in [6.45, 7) is 3.94. The SMILES string of the molecule is CCOC(=O)N1CCC(NC(N)=NCC(c2ccc(F)cc2)N(C)C)CC1.I. The molecule has 1 amide bonds. The highest BCUT2D eigenvalue weighted by Crippen LogP contribution is 2.19. The number of likely N-dealkylation sites (tertiary alicyclic amines) is 1. The largest absolute Gasteiger partial charge is 0.450 e. The molecule has 1 aliphatic rings. The number of hydrogen-bond acceptors (Lipinski definition) is 4. The van der Waals surface area contributed by atoms with E-state index in [0.717, 1.165) is 18.4 Å². The number of carbonyl (C=O) groups is 1. The molecule has 1 heterocycles. The Morgan fingerprint density at radius 1 is 1.36 bits per heavy atom. The van der Waals surface area contributed by atoms with Crippen LogP contribution >= 0.6 is 24.0 Å². The maximum atomic E-state index is 13.1. The lowest BCUT2D eigenvalue weighted by molar-refractivity contribution is 0.0963. The fourth-order valence-corrected chi connectivity index (χ4v) is 3.11. The van der Waals surface area contributed by atoms with Crippen LogP contribution < -0.4 is 11.1 Å². The molecule has 1 aromatic rings. The molecule has 1 unspecified atom stereocenters. The number of piperidine rings is 1. The zero-order valence-corrected chi connectivity index (χ0v) is 19.1. The van der Waals surface area contributed by atoms with Gasteiger partial charge in [0.15, 0.2) is 5.96 Å². The average Bonchev–Trinajstić information content (AvgIpc) is 2.64. The normalized spacial score (nSPS) is 16.5. The zero-order valence-electron chi connectivity index (χ0n) is 16.7. The number of rotatable bonds is 6. The molecular weight excluding hydrogens is 476 g/mol. The molecule has 158 valence electrons. The number of amides is 1. The van der Waals surface area contributed by atoms with Gasteiger partial charge in [-0.3, -0.25) is 4.99 Å². The van der Waals surface area contributed by atoms with Crippen molar-refractivity contribution in [2.24, 2.45) is 10.7 Å². The maximum absolute atomic E-state index is 13.1. The van der Waals surface area contributed by atoms with Crippen molar-refractivity contribution in [2.45, 2.75) is 31.8 Å². The van der Waals surface area contributed by atoms with Crippen molar-refractivity contribution in [3.8, 4) is 0 Å². The number of ether oxygens (including phenoxy) is 1. The van der Waals surface area contributed by atoms with Gasteiger partial charge in [-0.15, -0.1) is 24.0 Å². The third kappa shape index (κ3) is 7.42. The lowest BCUT2D eigenvalue weighted by Gasteiger charge is -2.32. The Morgan fingerprint density at radius 2 is 1.96 bits per heavy atom. The average molecular weight is 507 g/mol. The highest BCUT2D eigenvalue weighted by molar-refractivity contribution is 14.0. The van der Waals surface area contributed by atoms with Gasteiger partial charge < -0.3 is 25.6 Å². The summed E-state index contributed by atoms with van der Waals surface area (Å²) in [5.74, 6) is 0.133. The van der Waals surface area contributed by atoms with Gasteiger partial charge in [0.1, 0.15) is 5.82 Å². The van der Waals surface area contributed by atoms with Crippen molar-refractivity contribution in [2.75, 3.05) is 40.3 Å². The van der Waals surface area contributed by atoms with E-state index in [1.807, 2.05) is 19.0 Å². The number of nitrogens with two attached hydrogens (primary N) is 1. The summed E-state index contributed by atoms with van der Waals surface area (Å²) < 4.78 is 18.2. The summed E-state index contributed by atoms with van der Waals surface area (Å²) in [6, 6.07) is 6.64. The van der Waals surface area contributed by atoms with Gasteiger partial charge in [-0.25, -0.2) is 9.18 Å². The Hall–Kier alpha value is -1.62. The van der Waals surface area contributed by atoms with Crippen LogP contribution in [0.1, 0.15) is 31.4 Å². The third-order valence-corrected chi connectivity index (χ3v) is 4.69. The topological polar surface area (TPSA) is 83.2 Å². The van der Waals surface area contributed by atoms with Crippen LogP contribution in [0, 0.1) is 5.82 Å². The first-order valence-electron chi connectivity index (χ1n) is 9.30. The van der Waals surface area contributed by atoms with Crippen molar-refractivity contribution in [3.63, 3.8) is 0 Å². The molecule has 1 saturated heterocycles. The molecule has 0 bridgehead atoms. The molecule has 1 fully saturated rings. The van der Waals surface area contributed by atoms with E-state index in [9.17, 15) is 9.18 Å². The van der Waals surface area contributed by atoms with Crippen LogP contribution in [0.25, 0.3) is 0 Å². The minimum absolute atomic E-state index is 0. The zero-order chi connectivity index (χ0) is 19.8. The molecule has 0 spiro atoms. The molecule has 7 nitrogen and oxygen atoms in total. The van der Waals surface area contributed by atoms with E-state index >= 15 is 0 Å². The van der Waals surface area contributed by atoms with Crippen LogP contribution in [0.5, 0.6) is 0 Å². The molecule has 1 atom stereocenters. The van der Waals surface area contributed by atoms with Gasteiger partial charge in [-0.1, -0.05) is 12.1 Å². The van der Waals surface area contributed by atoms with E-state index in [-0.39, 0.29) is 48.0 Å². The molecule has 0 radical (unpaired) electrons.